The Morgan fingerprint density at radius 1 is 1.08 bits per heavy atom. The molecule has 2 aromatic heterocycles. The first-order chi connectivity index (χ1) is 22.6. The number of pyridine rings is 2. The average Bonchev–Trinajstić information content (AvgIpc) is 3.27. The maximum atomic E-state index is 16.9. The van der Waals surface area contributed by atoms with Crippen LogP contribution in [0.25, 0.3) is 32.8 Å². The molecular weight excluding hydrogens is 635 g/mol. The van der Waals surface area contributed by atoms with Gasteiger partial charge in [-0.05, 0) is 64.1 Å². The number of hydrogen-bond donors (Lipinski definition) is 0. The van der Waals surface area contributed by atoms with Crippen molar-refractivity contribution in [3.8, 4) is 29.4 Å². The largest absolute Gasteiger partial charge is 0.468 e. The summed E-state index contributed by atoms with van der Waals surface area (Å²) in [6.07, 6.45) is 2.69. The highest BCUT2D eigenvalue weighted by Gasteiger charge is 2.46. The lowest BCUT2D eigenvalue weighted by Crippen LogP contribution is -2.57. The number of carbonyl (C=O) groups is 1. The van der Waals surface area contributed by atoms with Gasteiger partial charge in [0.25, 0.3) is 0 Å². The average molecular weight is 669 g/mol. The minimum absolute atomic E-state index is 0.0568. The molecule has 2 aromatic carbocycles. The molecule has 4 heterocycles. The number of methoxy groups -OCH3 is 1. The van der Waals surface area contributed by atoms with Crippen LogP contribution >= 0.6 is 0 Å². The molecule has 4 aromatic rings. The fourth-order valence-electron chi connectivity index (χ4n) is 6.77. The van der Waals surface area contributed by atoms with Crippen molar-refractivity contribution >= 4 is 33.5 Å². The standard InChI is InChI=1S/C35H33F5N4O4/c1-7-23-26(36)11-8-19-12-22(47-17-46-6)13-24(27(19)23)31-30(37)28-25(14-41-31)32(42-18(2)29(28)35(38,39)40)43-15-20-9-10-21(16-43)44(20)33(45)48-34(3,4)5/h1,8,11-14,20-21H,9-10,15-17H2,2-6H3. The quantitative estimate of drug-likeness (QED) is 0.123. The van der Waals surface area contributed by atoms with Gasteiger partial charge in [-0.1, -0.05) is 12.0 Å². The fraction of sp³-hybridized carbons (Fsp3) is 0.400. The van der Waals surface area contributed by atoms with Crippen molar-refractivity contribution in [2.45, 2.75) is 64.4 Å². The van der Waals surface area contributed by atoms with Crippen LogP contribution in [0.15, 0.2) is 30.5 Å². The minimum Gasteiger partial charge on any atom is -0.468 e. The molecule has 2 saturated heterocycles. The van der Waals surface area contributed by atoms with Crippen LogP contribution in [0.2, 0.25) is 0 Å². The van der Waals surface area contributed by atoms with Gasteiger partial charge < -0.3 is 19.1 Å². The number of hydrogen-bond acceptors (Lipinski definition) is 7. The monoisotopic (exact) mass is 668 g/mol. The number of anilines is 1. The first kappa shape index (κ1) is 33.2. The minimum atomic E-state index is -4.98. The molecule has 0 radical (unpaired) electrons. The first-order valence-electron chi connectivity index (χ1n) is 15.3. The molecule has 13 heteroatoms. The summed E-state index contributed by atoms with van der Waals surface area (Å²) < 4.78 is 92.1. The van der Waals surface area contributed by atoms with E-state index in [1.165, 1.54) is 32.2 Å². The Morgan fingerprint density at radius 2 is 1.77 bits per heavy atom. The summed E-state index contributed by atoms with van der Waals surface area (Å²) in [7, 11) is 1.40. The SMILES string of the molecule is C#Cc1c(F)ccc2cc(OCOC)cc(-c3ncc4c(N5CC6CCC(C5)N6C(=O)OC(C)(C)C)nc(C)c(C(F)(F)F)c4c3F)c12. The molecule has 2 aliphatic heterocycles. The molecule has 2 unspecified atom stereocenters. The molecule has 2 fully saturated rings. The predicted molar refractivity (Wildman–Crippen MR) is 170 cm³/mol. The molecule has 8 nitrogen and oxygen atoms in total. The van der Waals surface area contributed by atoms with Crippen LogP contribution in [0, 0.1) is 30.9 Å². The highest BCUT2D eigenvalue weighted by Crippen LogP contribution is 2.45. The van der Waals surface area contributed by atoms with E-state index in [2.05, 4.69) is 15.9 Å². The van der Waals surface area contributed by atoms with E-state index in [1.807, 2.05) is 0 Å². The van der Waals surface area contributed by atoms with Gasteiger partial charge in [-0.15, -0.1) is 6.42 Å². The third kappa shape index (κ3) is 5.83. The number of aryl methyl sites for hydroxylation is 1. The zero-order valence-corrected chi connectivity index (χ0v) is 27.0. The Hall–Kier alpha value is -4.70. The molecule has 0 spiro atoms. The molecule has 252 valence electrons. The van der Waals surface area contributed by atoms with E-state index in [0.717, 1.165) is 12.3 Å². The van der Waals surface area contributed by atoms with E-state index in [-0.39, 0.29) is 65.4 Å². The number of aromatic nitrogens is 2. The van der Waals surface area contributed by atoms with Crippen molar-refractivity contribution in [2.75, 3.05) is 31.9 Å². The number of nitrogens with zero attached hydrogens (tertiary/aromatic N) is 4. The van der Waals surface area contributed by atoms with Crippen LogP contribution in [-0.4, -0.2) is 65.6 Å². The maximum absolute atomic E-state index is 16.9. The van der Waals surface area contributed by atoms with Crippen LogP contribution in [0.1, 0.15) is 50.4 Å². The topological polar surface area (TPSA) is 77.0 Å². The molecule has 6 rings (SSSR count). The number of alkyl halides is 3. The van der Waals surface area contributed by atoms with E-state index < -0.39 is 51.8 Å². The van der Waals surface area contributed by atoms with Gasteiger partial charge in [0.05, 0.1) is 28.9 Å². The third-order valence-corrected chi connectivity index (χ3v) is 8.60. The van der Waals surface area contributed by atoms with Crippen molar-refractivity contribution in [3.63, 3.8) is 0 Å². The fourth-order valence-corrected chi connectivity index (χ4v) is 6.77. The Labute approximate surface area is 273 Å². The van der Waals surface area contributed by atoms with E-state index in [0.29, 0.717) is 18.2 Å². The summed E-state index contributed by atoms with van der Waals surface area (Å²) in [5.41, 5.74) is -3.13. The van der Waals surface area contributed by atoms with Gasteiger partial charge in [0.1, 0.15) is 28.7 Å². The van der Waals surface area contributed by atoms with Crippen LogP contribution in [-0.2, 0) is 15.7 Å². The van der Waals surface area contributed by atoms with Crippen molar-refractivity contribution < 1.29 is 41.0 Å². The second-order valence-electron chi connectivity index (χ2n) is 13.0. The Bertz CT molecular complexity index is 1970. The van der Waals surface area contributed by atoms with Crippen LogP contribution in [0.3, 0.4) is 0 Å². The second-order valence-corrected chi connectivity index (χ2v) is 13.0. The number of carbonyl (C=O) groups excluding carboxylic acids is 1. The smallest absolute Gasteiger partial charge is 0.418 e. The number of terminal acetylenes is 1. The molecule has 0 aliphatic carbocycles. The number of rotatable bonds is 5. The highest BCUT2D eigenvalue weighted by molar-refractivity contribution is 6.04. The van der Waals surface area contributed by atoms with Crippen LogP contribution < -0.4 is 9.64 Å². The lowest BCUT2D eigenvalue weighted by Gasteiger charge is -2.42. The first-order valence-corrected chi connectivity index (χ1v) is 15.3. The summed E-state index contributed by atoms with van der Waals surface area (Å²) >= 11 is 0. The van der Waals surface area contributed by atoms with Gasteiger partial charge in [-0.2, -0.15) is 13.2 Å². The van der Waals surface area contributed by atoms with Gasteiger partial charge in [-0.3, -0.25) is 9.88 Å². The van der Waals surface area contributed by atoms with Gasteiger partial charge in [0, 0.05) is 48.1 Å². The second kappa shape index (κ2) is 12.1. The number of ether oxygens (including phenoxy) is 3. The van der Waals surface area contributed by atoms with E-state index in [1.54, 1.807) is 30.6 Å². The van der Waals surface area contributed by atoms with Gasteiger partial charge >= 0.3 is 12.3 Å². The van der Waals surface area contributed by atoms with Crippen LogP contribution in [0.4, 0.5) is 32.6 Å². The molecule has 1 amide bonds. The molecule has 0 N–H and O–H groups in total. The molecule has 2 aliphatic rings. The Balaban J connectivity index is 1.54. The summed E-state index contributed by atoms with van der Waals surface area (Å²) in [6.45, 7) is 6.82. The van der Waals surface area contributed by atoms with Gasteiger partial charge in [0.2, 0.25) is 0 Å². The Morgan fingerprint density at radius 3 is 2.38 bits per heavy atom. The predicted octanol–water partition coefficient (Wildman–Crippen LogP) is 7.61. The molecular formula is C35H33F5N4O4. The lowest BCUT2D eigenvalue weighted by atomic mass is 9.94. The number of halogens is 5. The number of benzene rings is 2. The summed E-state index contributed by atoms with van der Waals surface area (Å²) in [6, 6.07) is 4.86. The van der Waals surface area contributed by atoms with E-state index in [9.17, 15) is 22.4 Å². The van der Waals surface area contributed by atoms with Gasteiger partial charge in [0.15, 0.2) is 12.6 Å². The highest BCUT2D eigenvalue weighted by atomic mass is 19.4. The van der Waals surface area contributed by atoms with Crippen molar-refractivity contribution in [3.05, 3.63) is 58.9 Å². The van der Waals surface area contributed by atoms with Gasteiger partial charge in [-0.25, -0.2) is 18.6 Å². The zero-order valence-electron chi connectivity index (χ0n) is 27.0. The van der Waals surface area contributed by atoms with Crippen LogP contribution in [0.5, 0.6) is 5.75 Å². The summed E-state index contributed by atoms with van der Waals surface area (Å²) in [5.74, 6) is 0.527. The van der Waals surface area contributed by atoms with Crippen molar-refractivity contribution in [1.82, 2.24) is 14.9 Å². The normalized spacial score (nSPS) is 18.0. The maximum Gasteiger partial charge on any atom is 0.418 e. The van der Waals surface area contributed by atoms with Crippen molar-refractivity contribution in [1.29, 1.82) is 0 Å². The zero-order chi connectivity index (χ0) is 34.7. The number of fused-ring (bicyclic) bond motifs is 4. The summed E-state index contributed by atoms with van der Waals surface area (Å²) in [5, 5.41) is -0.441. The Kier molecular flexibility index (Phi) is 8.35. The lowest BCUT2D eigenvalue weighted by molar-refractivity contribution is -0.137. The molecule has 2 atom stereocenters. The third-order valence-electron chi connectivity index (χ3n) is 8.60. The molecule has 48 heavy (non-hydrogen) atoms. The van der Waals surface area contributed by atoms with Crippen molar-refractivity contribution in [2.24, 2.45) is 0 Å². The van der Waals surface area contributed by atoms with E-state index >= 15 is 4.39 Å². The number of amides is 1. The molecule has 2 bridgehead atoms. The summed E-state index contributed by atoms with van der Waals surface area (Å²) in [4.78, 5) is 25.2. The number of piperazine rings is 1. The molecule has 0 saturated carbocycles. The van der Waals surface area contributed by atoms with E-state index in [4.69, 9.17) is 20.6 Å².